The van der Waals surface area contributed by atoms with Crippen LogP contribution in [-0.4, -0.2) is 85.9 Å². The van der Waals surface area contributed by atoms with Crippen molar-refractivity contribution in [1.82, 2.24) is 34.8 Å². The van der Waals surface area contributed by atoms with Crippen LogP contribution in [0.4, 0.5) is 16.4 Å². The molecule has 36 heavy (non-hydrogen) atoms. The van der Waals surface area contributed by atoms with Gasteiger partial charge in [0.05, 0.1) is 18.5 Å². The number of piperazine rings is 1. The molecule has 2 amide bonds. The maximum Gasteiger partial charge on any atom is 0.405 e. The van der Waals surface area contributed by atoms with Gasteiger partial charge in [-0.1, -0.05) is 19.4 Å². The van der Waals surface area contributed by atoms with E-state index in [2.05, 4.69) is 38.3 Å². The number of rotatable bonds is 9. The molecule has 1 aliphatic heterocycles. The predicted octanol–water partition coefficient (Wildman–Crippen LogP) is 1.10. The van der Waals surface area contributed by atoms with E-state index < -0.39 is 6.09 Å². The monoisotopic (exact) mass is 497 g/mol. The second kappa shape index (κ2) is 11.1. The van der Waals surface area contributed by atoms with Crippen LogP contribution in [-0.2, 0) is 11.2 Å². The first kappa shape index (κ1) is 24.9. The predicted molar refractivity (Wildman–Crippen MR) is 132 cm³/mol. The van der Waals surface area contributed by atoms with Gasteiger partial charge in [-0.3, -0.25) is 4.79 Å². The number of aryl methyl sites for hydroxylation is 1. The highest BCUT2D eigenvalue weighted by Crippen LogP contribution is 2.22. The van der Waals surface area contributed by atoms with Gasteiger partial charge in [0.2, 0.25) is 5.91 Å². The summed E-state index contributed by atoms with van der Waals surface area (Å²) in [6.07, 6.45) is 4.83. The number of anilines is 2. The Labute approximate surface area is 208 Å². The lowest BCUT2D eigenvalue weighted by Gasteiger charge is -2.36. The number of nitrogen functional groups attached to an aromatic ring is 1. The maximum absolute atomic E-state index is 12.1. The van der Waals surface area contributed by atoms with Crippen LogP contribution < -0.4 is 20.7 Å². The lowest BCUT2D eigenvalue weighted by atomic mass is 10.1. The summed E-state index contributed by atoms with van der Waals surface area (Å²) in [5.41, 5.74) is 9.41. The highest BCUT2D eigenvalue weighted by atomic mass is 16.5. The Balaban J connectivity index is 1.42. The minimum Gasteiger partial charge on any atom is -0.465 e. The van der Waals surface area contributed by atoms with E-state index in [1.165, 1.54) is 0 Å². The Morgan fingerprint density at radius 2 is 1.97 bits per heavy atom. The van der Waals surface area contributed by atoms with Crippen molar-refractivity contribution < 1.29 is 19.4 Å². The van der Waals surface area contributed by atoms with Crippen molar-refractivity contribution in [3.8, 4) is 6.01 Å². The van der Waals surface area contributed by atoms with Gasteiger partial charge in [0, 0.05) is 38.8 Å². The van der Waals surface area contributed by atoms with Crippen molar-refractivity contribution in [2.24, 2.45) is 0 Å². The van der Waals surface area contributed by atoms with Gasteiger partial charge in [-0.15, -0.1) is 5.10 Å². The minimum absolute atomic E-state index is 0.215. The van der Waals surface area contributed by atoms with Crippen molar-refractivity contribution >= 4 is 29.3 Å². The second-order valence-corrected chi connectivity index (χ2v) is 8.65. The van der Waals surface area contributed by atoms with Crippen LogP contribution in [0.1, 0.15) is 36.6 Å². The Morgan fingerprint density at radius 3 is 2.67 bits per heavy atom. The zero-order valence-corrected chi connectivity index (χ0v) is 20.5. The van der Waals surface area contributed by atoms with Crippen LogP contribution in [0.25, 0.3) is 5.65 Å². The first-order chi connectivity index (χ1) is 17.4. The van der Waals surface area contributed by atoms with Gasteiger partial charge < -0.3 is 30.7 Å². The van der Waals surface area contributed by atoms with E-state index in [0.29, 0.717) is 44.9 Å². The number of aromatic nitrogens is 5. The number of hydrogen-bond acceptors (Lipinski definition) is 9. The van der Waals surface area contributed by atoms with Crippen LogP contribution in [0.3, 0.4) is 0 Å². The number of hydrogen-bond donors (Lipinski definition) is 3. The van der Waals surface area contributed by atoms with E-state index in [9.17, 15) is 9.59 Å². The van der Waals surface area contributed by atoms with Crippen molar-refractivity contribution in [3.05, 3.63) is 35.3 Å². The zero-order chi connectivity index (χ0) is 25.7. The first-order valence-electron chi connectivity index (χ1n) is 11.9. The number of nitrogens with one attached hydrogen (secondary N) is 1. The third-order valence-electron chi connectivity index (χ3n) is 5.98. The summed E-state index contributed by atoms with van der Waals surface area (Å²) in [5, 5.41) is 15.3. The third kappa shape index (κ3) is 5.73. The second-order valence-electron chi connectivity index (χ2n) is 8.65. The molecule has 0 atom stereocenters. The van der Waals surface area contributed by atoms with Gasteiger partial charge in [-0.25, -0.2) is 19.3 Å². The lowest BCUT2D eigenvalue weighted by molar-refractivity contribution is -0.130. The molecule has 0 bridgehead atoms. The third-order valence-corrected chi connectivity index (χ3v) is 5.98. The number of carboxylic acid groups (broad SMARTS) is 1. The van der Waals surface area contributed by atoms with Gasteiger partial charge in [-0.2, -0.15) is 4.98 Å². The summed E-state index contributed by atoms with van der Waals surface area (Å²) < 4.78 is 7.30. The molecule has 192 valence electrons. The summed E-state index contributed by atoms with van der Waals surface area (Å²) >= 11 is 0. The summed E-state index contributed by atoms with van der Waals surface area (Å²) in [6.45, 7) is 6.66. The molecular formula is C23H31N9O4. The number of nitrogens with zero attached hydrogens (tertiary/aromatic N) is 7. The molecule has 3 aromatic rings. The molecule has 1 aliphatic rings. The normalized spacial score (nSPS) is 13.7. The molecule has 4 heterocycles. The zero-order valence-electron chi connectivity index (χ0n) is 20.5. The standard InChI is InChI=1S/C23H31N9O4/c1-3-4-9-36-22-28-19(24)21-26-13-17(32(21)29-22)11-16-10-15(2)20(25-12-16)31-7-5-30(6-8-31)18(33)14-27-23(34)35/h10,12-13,27H,3-9,11,14H2,1-2H3,(H,34,35)(H2,24,28,29). The molecule has 13 nitrogen and oxygen atoms in total. The molecule has 0 aromatic carbocycles. The van der Waals surface area contributed by atoms with E-state index in [1.807, 2.05) is 13.1 Å². The number of unbranched alkanes of at least 4 members (excludes halogenated alkanes) is 1. The van der Waals surface area contributed by atoms with E-state index >= 15 is 0 Å². The van der Waals surface area contributed by atoms with Crippen LogP contribution in [0, 0.1) is 6.92 Å². The van der Waals surface area contributed by atoms with Crippen molar-refractivity contribution in [3.63, 3.8) is 0 Å². The number of pyridine rings is 1. The largest absolute Gasteiger partial charge is 0.465 e. The maximum atomic E-state index is 12.1. The molecule has 0 radical (unpaired) electrons. The molecular weight excluding hydrogens is 466 g/mol. The summed E-state index contributed by atoms with van der Waals surface area (Å²) in [4.78, 5) is 39.8. The molecule has 13 heteroatoms. The van der Waals surface area contributed by atoms with E-state index in [4.69, 9.17) is 20.6 Å². The highest BCUT2D eigenvalue weighted by Gasteiger charge is 2.23. The summed E-state index contributed by atoms with van der Waals surface area (Å²) in [7, 11) is 0. The van der Waals surface area contributed by atoms with E-state index in [0.717, 1.165) is 35.5 Å². The average molecular weight is 498 g/mol. The summed E-state index contributed by atoms with van der Waals surface area (Å²) in [6, 6.07) is 2.31. The number of carbonyl (C=O) groups is 2. The molecule has 4 N–H and O–H groups in total. The van der Waals surface area contributed by atoms with Crippen molar-refractivity contribution in [1.29, 1.82) is 0 Å². The minimum atomic E-state index is -1.21. The van der Waals surface area contributed by atoms with Gasteiger partial charge in [0.1, 0.15) is 12.4 Å². The fraction of sp³-hybridized carbons (Fsp3) is 0.478. The average Bonchev–Trinajstić information content (AvgIpc) is 3.26. The van der Waals surface area contributed by atoms with Gasteiger partial charge in [0.25, 0.3) is 0 Å². The van der Waals surface area contributed by atoms with E-state index in [1.54, 1.807) is 15.6 Å². The van der Waals surface area contributed by atoms with Gasteiger partial charge >= 0.3 is 12.1 Å². The van der Waals surface area contributed by atoms with Crippen LogP contribution in [0.2, 0.25) is 0 Å². The Kier molecular flexibility index (Phi) is 7.66. The number of imidazole rings is 1. The topological polar surface area (TPSA) is 164 Å². The number of nitrogens with two attached hydrogens (primary N) is 1. The quantitative estimate of drug-likeness (QED) is 0.365. The fourth-order valence-corrected chi connectivity index (χ4v) is 4.11. The number of fused-ring (bicyclic) bond motifs is 1. The Morgan fingerprint density at radius 1 is 1.19 bits per heavy atom. The van der Waals surface area contributed by atoms with Crippen LogP contribution in [0.15, 0.2) is 18.5 Å². The molecule has 0 unspecified atom stereocenters. The molecule has 1 saturated heterocycles. The number of amides is 2. The Bertz CT molecular complexity index is 1240. The van der Waals surface area contributed by atoms with Crippen LogP contribution in [0.5, 0.6) is 6.01 Å². The smallest absolute Gasteiger partial charge is 0.405 e. The molecule has 1 fully saturated rings. The van der Waals surface area contributed by atoms with Gasteiger partial charge in [-0.05, 0) is 24.5 Å². The molecule has 0 spiro atoms. The first-order valence-corrected chi connectivity index (χ1v) is 11.9. The number of carbonyl (C=O) groups excluding carboxylic acids is 1. The molecule has 0 aliphatic carbocycles. The van der Waals surface area contributed by atoms with Crippen molar-refractivity contribution in [2.45, 2.75) is 33.1 Å². The molecule has 0 saturated carbocycles. The SMILES string of the molecule is CCCCOc1nc(N)c2ncc(Cc3cnc(N4CCN(C(=O)CNC(=O)O)CC4)c(C)c3)n2n1. The molecule has 3 aromatic heterocycles. The van der Waals surface area contributed by atoms with Crippen molar-refractivity contribution in [2.75, 3.05) is 50.0 Å². The molecule has 4 rings (SSSR count). The highest BCUT2D eigenvalue weighted by molar-refractivity contribution is 5.82. The Hall–Kier alpha value is -4.16. The van der Waals surface area contributed by atoms with E-state index in [-0.39, 0.29) is 24.3 Å². The number of ether oxygens (including phenoxy) is 1. The van der Waals surface area contributed by atoms with Crippen LogP contribution >= 0.6 is 0 Å². The lowest BCUT2D eigenvalue weighted by Crippen LogP contribution is -2.51. The fourth-order valence-electron chi connectivity index (χ4n) is 4.11. The van der Waals surface area contributed by atoms with Gasteiger partial charge in [0.15, 0.2) is 11.5 Å². The summed E-state index contributed by atoms with van der Waals surface area (Å²) in [5.74, 6) is 0.906.